The van der Waals surface area contributed by atoms with Crippen LogP contribution < -0.4 is 11.1 Å². The van der Waals surface area contributed by atoms with Gasteiger partial charge < -0.3 is 15.8 Å². The lowest BCUT2D eigenvalue weighted by Crippen LogP contribution is -2.10. The molecule has 0 amide bonds. The van der Waals surface area contributed by atoms with E-state index in [4.69, 9.17) is 10.5 Å². The highest BCUT2D eigenvalue weighted by Gasteiger charge is 2.12. The second-order valence-corrected chi connectivity index (χ2v) is 4.16. The number of aromatic nitrogens is 2. The van der Waals surface area contributed by atoms with Crippen molar-refractivity contribution in [1.29, 1.82) is 0 Å². The normalized spacial score (nSPS) is 10.1. The molecular weight excluding hydrogens is 256 g/mol. The largest absolute Gasteiger partial charge is 0.462 e. The Morgan fingerprint density at radius 2 is 2.05 bits per heavy atom. The molecular formula is C14H16N4O2. The summed E-state index contributed by atoms with van der Waals surface area (Å²) in [5.41, 5.74) is 8.06. The zero-order chi connectivity index (χ0) is 14.5. The van der Waals surface area contributed by atoms with Crippen LogP contribution in [0.4, 0.5) is 17.3 Å². The molecule has 0 aliphatic rings. The number of anilines is 3. The molecule has 2 aromatic rings. The van der Waals surface area contributed by atoms with Crippen LogP contribution in [0.2, 0.25) is 0 Å². The first kappa shape index (κ1) is 13.8. The van der Waals surface area contributed by atoms with E-state index >= 15 is 0 Å². The maximum absolute atomic E-state index is 11.6. The second-order valence-electron chi connectivity index (χ2n) is 4.16. The van der Waals surface area contributed by atoms with Gasteiger partial charge in [0.1, 0.15) is 0 Å². The summed E-state index contributed by atoms with van der Waals surface area (Å²) in [4.78, 5) is 20.0. The molecule has 6 heteroatoms. The highest BCUT2D eigenvalue weighted by atomic mass is 16.5. The van der Waals surface area contributed by atoms with Crippen molar-refractivity contribution >= 4 is 23.3 Å². The minimum absolute atomic E-state index is 0.323. The molecule has 0 aliphatic carbocycles. The van der Waals surface area contributed by atoms with Crippen molar-refractivity contribution < 1.29 is 9.53 Å². The van der Waals surface area contributed by atoms with Gasteiger partial charge in [0, 0.05) is 17.6 Å². The first-order valence-corrected chi connectivity index (χ1v) is 6.23. The van der Waals surface area contributed by atoms with Crippen molar-refractivity contribution in [2.24, 2.45) is 0 Å². The zero-order valence-electron chi connectivity index (χ0n) is 11.4. The molecule has 0 spiro atoms. The van der Waals surface area contributed by atoms with Gasteiger partial charge in [-0.05, 0) is 38.1 Å². The van der Waals surface area contributed by atoms with Gasteiger partial charge >= 0.3 is 5.97 Å². The van der Waals surface area contributed by atoms with E-state index in [1.54, 1.807) is 26.0 Å². The predicted molar refractivity (Wildman–Crippen MR) is 76.9 cm³/mol. The first-order chi connectivity index (χ1) is 9.60. The van der Waals surface area contributed by atoms with Gasteiger partial charge in [0.2, 0.25) is 5.95 Å². The fourth-order valence-corrected chi connectivity index (χ4v) is 1.63. The molecule has 2 rings (SSSR count). The van der Waals surface area contributed by atoms with Gasteiger partial charge in [-0.2, -0.15) is 0 Å². The van der Waals surface area contributed by atoms with E-state index in [-0.39, 0.29) is 0 Å². The van der Waals surface area contributed by atoms with Gasteiger partial charge in [0.15, 0.2) is 0 Å². The molecule has 3 N–H and O–H groups in total. The molecule has 0 unspecified atom stereocenters. The minimum atomic E-state index is -0.413. The number of benzene rings is 1. The van der Waals surface area contributed by atoms with Crippen molar-refractivity contribution in [3.05, 3.63) is 41.7 Å². The minimum Gasteiger partial charge on any atom is -0.462 e. The lowest BCUT2D eigenvalue weighted by atomic mass is 10.2. The average molecular weight is 272 g/mol. The van der Waals surface area contributed by atoms with E-state index in [2.05, 4.69) is 15.3 Å². The monoisotopic (exact) mass is 272 g/mol. The summed E-state index contributed by atoms with van der Waals surface area (Å²) < 4.78 is 4.93. The van der Waals surface area contributed by atoms with E-state index in [9.17, 15) is 4.79 Å². The number of nitrogens with zero attached hydrogens (tertiary/aromatic N) is 2. The van der Waals surface area contributed by atoms with Crippen LogP contribution in [0.5, 0.6) is 0 Å². The van der Waals surface area contributed by atoms with E-state index in [0.717, 1.165) is 5.69 Å². The Morgan fingerprint density at radius 3 is 2.65 bits per heavy atom. The fourth-order valence-electron chi connectivity index (χ4n) is 1.63. The number of rotatable bonds is 4. The third-order valence-electron chi connectivity index (χ3n) is 2.64. The molecule has 0 saturated heterocycles. The van der Waals surface area contributed by atoms with Gasteiger partial charge in [-0.1, -0.05) is 0 Å². The Labute approximate surface area is 117 Å². The van der Waals surface area contributed by atoms with E-state index in [1.807, 2.05) is 12.1 Å². The van der Waals surface area contributed by atoms with E-state index < -0.39 is 5.97 Å². The first-order valence-electron chi connectivity index (χ1n) is 6.23. The molecule has 104 valence electrons. The standard InChI is InChI=1S/C14H16N4O2/c1-3-20-13(19)12-8-16-14(17-9(12)2)18-11-6-4-10(15)5-7-11/h4-8H,3,15H2,1-2H3,(H,16,17,18). The Kier molecular flexibility index (Phi) is 4.14. The van der Waals surface area contributed by atoms with Crippen LogP contribution in [-0.4, -0.2) is 22.5 Å². The van der Waals surface area contributed by atoms with Crippen molar-refractivity contribution in [2.75, 3.05) is 17.7 Å². The quantitative estimate of drug-likeness (QED) is 0.655. The van der Waals surface area contributed by atoms with Gasteiger partial charge in [-0.15, -0.1) is 0 Å². The number of carbonyl (C=O) groups is 1. The summed E-state index contributed by atoms with van der Waals surface area (Å²) in [6, 6.07) is 7.21. The van der Waals surface area contributed by atoms with Crippen molar-refractivity contribution in [3.8, 4) is 0 Å². The maximum Gasteiger partial charge on any atom is 0.341 e. The third kappa shape index (κ3) is 3.23. The third-order valence-corrected chi connectivity index (χ3v) is 2.64. The highest BCUT2D eigenvalue weighted by Crippen LogP contribution is 2.16. The molecule has 0 bridgehead atoms. The summed E-state index contributed by atoms with van der Waals surface area (Å²) in [5, 5.41) is 3.04. The van der Waals surface area contributed by atoms with Gasteiger partial charge in [0.25, 0.3) is 0 Å². The zero-order valence-corrected chi connectivity index (χ0v) is 11.4. The lowest BCUT2D eigenvalue weighted by Gasteiger charge is -2.08. The molecule has 1 aromatic carbocycles. The molecule has 0 aliphatic heterocycles. The van der Waals surface area contributed by atoms with Gasteiger partial charge in [-0.3, -0.25) is 0 Å². The number of esters is 1. The summed E-state index contributed by atoms with van der Waals surface area (Å²) in [6.45, 7) is 3.82. The SMILES string of the molecule is CCOC(=O)c1cnc(Nc2ccc(N)cc2)nc1C. The second kappa shape index (κ2) is 6.01. The number of carbonyl (C=O) groups excluding carboxylic acids is 1. The van der Waals surface area contributed by atoms with Crippen LogP contribution in [0.3, 0.4) is 0 Å². The number of nitrogens with one attached hydrogen (secondary N) is 1. The van der Waals surface area contributed by atoms with Crippen LogP contribution in [0.25, 0.3) is 0 Å². The molecule has 0 atom stereocenters. The Balaban J connectivity index is 2.16. The van der Waals surface area contributed by atoms with Crippen molar-refractivity contribution in [1.82, 2.24) is 9.97 Å². The van der Waals surface area contributed by atoms with Gasteiger partial charge in [0.05, 0.1) is 17.9 Å². The topological polar surface area (TPSA) is 90.1 Å². The summed E-state index contributed by atoms with van der Waals surface area (Å²) in [7, 11) is 0. The Bertz CT molecular complexity index is 611. The lowest BCUT2D eigenvalue weighted by molar-refractivity contribution is 0.0524. The summed E-state index contributed by atoms with van der Waals surface area (Å²) in [5.74, 6) is 0.00403. The van der Waals surface area contributed by atoms with Crippen LogP contribution in [0.15, 0.2) is 30.5 Å². The van der Waals surface area contributed by atoms with Crippen molar-refractivity contribution in [2.45, 2.75) is 13.8 Å². The number of aryl methyl sites for hydroxylation is 1. The van der Waals surface area contributed by atoms with E-state index in [0.29, 0.717) is 29.5 Å². The maximum atomic E-state index is 11.6. The Morgan fingerprint density at radius 1 is 1.35 bits per heavy atom. The molecule has 1 aromatic heterocycles. The fraction of sp³-hybridized carbons (Fsp3) is 0.214. The predicted octanol–water partition coefficient (Wildman–Crippen LogP) is 2.29. The van der Waals surface area contributed by atoms with Crippen LogP contribution in [0, 0.1) is 6.92 Å². The molecule has 20 heavy (non-hydrogen) atoms. The van der Waals surface area contributed by atoms with Crippen LogP contribution >= 0.6 is 0 Å². The molecule has 0 saturated carbocycles. The summed E-state index contributed by atoms with van der Waals surface area (Å²) >= 11 is 0. The number of ether oxygens (including phenoxy) is 1. The van der Waals surface area contributed by atoms with Gasteiger partial charge in [-0.25, -0.2) is 14.8 Å². The van der Waals surface area contributed by atoms with Crippen LogP contribution in [-0.2, 0) is 4.74 Å². The molecule has 6 nitrogen and oxygen atoms in total. The molecule has 0 fully saturated rings. The smallest absolute Gasteiger partial charge is 0.341 e. The average Bonchev–Trinajstić information content (AvgIpc) is 2.42. The number of hydrogen-bond donors (Lipinski definition) is 2. The highest BCUT2D eigenvalue weighted by molar-refractivity contribution is 5.90. The van der Waals surface area contributed by atoms with Crippen LogP contribution in [0.1, 0.15) is 23.0 Å². The molecule has 0 radical (unpaired) electrons. The Hall–Kier alpha value is -2.63. The number of nitrogens with two attached hydrogens (primary N) is 1. The number of hydrogen-bond acceptors (Lipinski definition) is 6. The molecule has 1 heterocycles. The van der Waals surface area contributed by atoms with E-state index in [1.165, 1.54) is 6.20 Å². The summed E-state index contributed by atoms with van der Waals surface area (Å²) in [6.07, 6.45) is 1.46. The van der Waals surface area contributed by atoms with Crippen molar-refractivity contribution in [3.63, 3.8) is 0 Å². The number of nitrogen functional groups attached to an aromatic ring is 1.